The Morgan fingerprint density at radius 1 is 0.771 bits per heavy atom. The SMILES string of the molecule is COC(CO)Cc1cc(C(C)(C)c2ccc(OC(C)=O)c(CC(CO)OC)c2)ccc1OC(C)=O. The molecule has 0 aliphatic carbocycles. The molecule has 2 rings (SSSR count). The molecule has 0 aliphatic rings. The van der Waals surface area contributed by atoms with E-state index in [0.29, 0.717) is 24.3 Å². The molecule has 2 aromatic carbocycles. The van der Waals surface area contributed by atoms with E-state index in [1.165, 1.54) is 28.1 Å². The molecule has 2 aromatic rings. The number of hydrogen-bond donors (Lipinski definition) is 2. The summed E-state index contributed by atoms with van der Waals surface area (Å²) in [7, 11) is 3.04. The second-order valence-electron chi connectivity index (χ2n) is 8.95. The maximum Gasteiger partial charge on any atom is 0.308 e. The van der Waals surface area contributed by atoms with Crippen molar-refractivity contribution < 1.29 is 38.7 Å². The number of hydrogen-bond acceptors (Lipinski definition) is 8. The summed E-state index contributed by atoms with van der Waals surface area (Å²) < 4.78 is 21.4. The van der Waals surface area contributed by atoms with Gasteiger partial charge in [0.25, 0.3) is 0 Å². The molecule has 0 saturated carbocycles. The lowest BCUT2D eigenvalue weighted by molar-refractivity contribution is -0.132. The van der Waals surface area contributed by atoms with Gasteiger partial charge in [0.05, 0.1) is 25.4 Å². The number of aliphatic hydroxyl groups is 2. The summed E-state index contributed by atoms with van der Waals surface area (Å²) >= 11 is 0. The van der Waals surface area contributed by atoms with Crippen molar-refractivity contribution in [2.45, 2.75) is 58.2 Å². The van der Waals surface area contributed by atoms with Crippen molar-refractivity contribution in [3.8, 4) is 11.5 Å². The van der Waals surface area contributed by atoms with Crippen LogP contribution in [0.2, 0.25) is 0 Å². The zero-order chi connectivity index (χ0) is 26.2. The molecule has 0 aliphatic heterocycles. The van der Waals surface area contributed by atoms with Gasteiger partial charge in [-0.1, -0.05) is 38.1 Å². The normalized spacial score (nSPS) is 13.3. The predicted octanol–water partition coefficient (Wildman–Crippen LogP) is 2.96. The van der Waals surface area contributed by atoms with E-state index in [-0.39, 0.29) is 13.2 Å². The van der Waals surface area contributed by atoms with Crippen LogP contribution in [0.3, 0.4) is 0 Å². The van der Waals surface area contributed by atoms with Crippen molar-refractivity contribution in [1.29, 1.82) is 0 Å². The van der Waals surface area contributed by atoms with Crippen LogP contribution < -0.4 is 9.47 Å². The van der Waals surface area contributed by atoms with Crippen LogP contribution in [0.15, 0.2) is 36.4 Å². The molecular weight excluding hydrogens is 452 g/mol. The predicted molar refractivity (Wildman–Crippen MR) is 131 cm³/mol. The number of carbonyl (C=O) groups excluding carboxylic acids is 2. The Hall–Kier alpha value is -2.78. The lowest BCUT2D eigenvalue weighted by Gasteiger charge is -2.29. The first-order valence-corrected chi connectivity index (χ1v) is 11.5. The fourth-order valence-electron chi connectivity index (χ4n) is 3.87. The smallest absolute Gasteiger partial charge is 0.308 e. The Morgan fingerprint density at radius 2 is 1.14 bits per heavy atom. The second-order valence-corrected chi connectivity index (χ2v) is 8.95. The summed E-state index contributed by atoms with van der Waals surface area (Å²) in [5, 5.41) is 19.2. The number of benzene rings is 2. The van der Waals surface area contributed by atoms with Crippen molar-refractivity contribution in [3.05, 3.63) is 58.7 Å². The highest BCUT2D eigenvalue weighted by Crippen LogP contribution is 2.37. The highest BCUT2D eigenvalue weighted by atomic mass is 16.5. The standard InChI is InChI=1S/C27H36O8/c1-17(30)34-25-9-7-21(11-19(25)13-23(15-28)32-5)27(3,4)22-8-10-26(35-18(2)31)20(12-22)14-24(16-29)33-6/h7-12,23-24,28-29H,13-16H2,1-6H3. The van der Waals surface area contributed by atoms with Crippen LogP contribution in [0, 0.1) is 0 Å². The van der Waals surface area contributed by atoms with E-state index in [1.807, 2.05) is 24.3 Å². The van der Waals surface area contributed by atoms with Crippen LogP contribution >= 0.6 is 0 Å². The van der Waals surface area contributed by atoms with E-state index in [0.717, 1.165) is 22.3 Å². The van der Waals surface area contributed by atoms with Crippen LogP contribution in [0.5, 0.6) is 11.5 Å². The minimum absolute atomic E-state index is 0.171. The fourth-order valence-corrected chi connectivity index (χ4v) is 3.87. The van der Waals surface area contributed by atoms with E-state index < -0.39 is 29.6 Å². The molecule has 8 heteroatoms. The lowest BCUT2D eigenvalue weighted by Crippen LogP contribution is -2.23. The highest BCUT2D eigenvalue weighted by molar-refractivity contribution is 5.70. The van der Waals surface area contributed by atoms with Gasteiger partial charge in [0, 0.05) is 46.3 Å². The fraction of sp³-hybridized carbons (Fsp3) is 0.481. The van der Waals surface area contributed by atoms with Gasteiger partial charge in [0.15, 0.2) is 0 Å². The third kappa shape index (κ3) is 7.60. The minimum Gasteiger partial charge on any atom is -0.426 e. The van der Waals surface area contributed by atoms with Crippen LogP contribution in [0.25, 0.3) is 0 Å². The van der Waals surface area contributed by atoms with Gasteiger partial charge in [-0.25, -0.2) is 0 Å². The molecule has 0 heterocycles. The third-order valence-corrected chi connectivity index (χ3v) is 6.04. The number of ether oxygens (including phenoxy) is 4. The Balaban J connectivity index is 2.54. The van der Waals surface area contributed by atoms with Crippen molar-refractivity contribution in [2.75, 3.05) is 27.4 Å². The molecule has 0 fully saturated rings. The van der Waals surface area contributed by atoms with Gasteiger partial charge in [0.2, 0.25) is 0 Å². The Morgan fingerprint density at radius 3 is 1.43 bits per heavy atom. The summed E-state index contributed by atoms with van der Waals surface area (Å²) in [5.74, 6) is -0.0225. The number of methoxy groups -OCH3 is 2. The van der Waals surface area contributed by atoms with Gasteiger partial charge >= 0.3 is 11.9 Å². The summed E-state index contributed by atoms with van der Waals surface area (Å²) in [5.41, 5.74) is 2.89. The first kappa shape index (κ1) is 28.5. The summed E-state index contributed by atoms with van der Waals surface area (Å²) in [6, 6.07) is 11.2. The van der Waals surface area contributed by atoms with E-state index >= 15 is 0 Å². The Kier molecular flexibility index (Phi) is 10.4. The van der Waals surface area contributed by atoms with Gasteiger partial charge in [-0.05, 0) is 34.4 Å². The van der Waals surface area contributed by atoms with Crippen LogP contribution in [-0.4, -0.2) is 61.8 Å². The zero-order valence-corrected chi connectivity index (χ0v) is 21.3. The molecule has 35 heavy (non-hydrogen) atoms. The lowest BCUT2D eigenvalue weighted by atomic mass is 9.76. The third-order valence-electron chi connectivity index (χ3n) is 6.04. The maximum atomic E-state index is 11.6. The summed E-state index contributed by atoms with van der Waals surface area (Å²) in [6.45, 7) is 6.46. The van der Waals surface area contributed by atoms with Crippen LogP contribution in [-0.2, 0) is 37.3 Å². The number of esters is 2. The van der Waals surface area contributed by atoms with E-state index in [9.17, 15) is 19.8 Å². The average molecular weight is 489 g/mol. The number of carbonyl (C=O) groups is 2. The molecule has 192 valence electrons. The molecule has 0 amide bonds. The minimum atomic E-state index is -0.490. The molecule has 2 N–H and O–H groups in total. The van der Waals surface area contributed by atoms with Crippen molar-refractivity contribution in [2.24, 2.45) is 0 Å². The van der Waals surface area contributed by atoms with E-state index in [1.54, 1.807) is 12.1 Å². The molecule has 2 unspecified atom stereocenters. The molecule has 0 bridgehead atoms. The van der Waals surface area contributed by atoms with Crippen molar-refractivity contribution >= 4 is 11.9 Å². The van der Waals surface area contributed by atoms with Crippen LogP contribution in [0.4, 0.5) is 0 Å². The monoisotopic (exact) mass is 488 g/mol. The van der Waals surface area contributed by atoms with Gasteiger partial charge in [-0.15, -0.1) is 0 Å². The quantitative estimate of drug-likeness (QED) is 0.347. The van der Waals surface area contributed by atoms with E-state index in [4.69, 9.17) is 18.9 Å². The molecule has 0 radical (unpaired) electrons. The number of aliphatic hydroxyl groups excluding tert-OH is 2. The molecular formula is C27H36O8. The van der Waals surface area contributed by atoms with Crippen molar-refractivity contribution in [1.82, 2.24) is 0 Å². The van der Waals surface area contributed by atoms with Crippen molar-refractivity contribution in [3.63, 3.8) is 0 Å². The van der Waals surface area contributed by atoms with E-state index in [2.05, 4.69) is 13.8 Å². The second kappa shape index (κ2) is 12.8. The van der Waals surface area contributed by atoms with Gasteiger partial charge in [-0.3, -0.25) is 9.59 Å². The zero-order valence-electron chi connectivity index (χ0n) is 21.3. The Bertz CT molecular complexity index is 927. The van der Waals surface area contributed by atoms with Gasteiger partial charge < -0.3 is 29.2 Å². The highest BCUT2D eigenvalue weighted by Gasteiger charge is 2.27. The number of rotatable bonds is 12. The van der Waals surface area contributed by atoms with Gasteiger partial charge in [-0.2, -0.15) is 0 Å². The maximum absolute atomic E-state index is 11.6. The summed E-state index contributed by atoms with van der Waals surface area (Å²) in [6.07, 6.45) is -0.159. The van der Waals surface area contributed by atoms with Gasteiger partial charge in [0.1, 0.15) is 11.5 Å². The molecule has 2 atom stereocenters. The first-order chi connectivity index (χ1) is 16.5. The molecule has 0 aromatic heterocycles. The topological polar surface area (TPSA) is 112 Å². The largest absolute Gasteiger partial charge is 0.426 e. The Labute approximate surface area is 206 Å². The molecule has 0 saturated heterocycles. The molecule has 0 spiro atoms. The average Bonchev–Trinajstić information content (AvgIpc) is 2.81. The first-order valence-electron chi connectivity index (χ1n) is 11.5. The summed E-state index contributed by atoms with van der Waals surface area (Å²) in [4.78, 5) is 23.2. The molecule has 8 nitrogen and oxygen atoms in total. The van der Waals surface area contributed by atoms with Crippen LogP contribution in [0.1, 0.15) is 49.9 Å².